The minimum Gasteiger partial charge on any atom is -0.486 e. The first-order valence-electron chi connectivity index (χ1n) is 14.6. The molecule has 0 bridgehead atoms. The van der Waals surface area contributed by atoms with Crippen LogP contribution < -0.4 is 14.9 Å². The SMILES string of the molecule is Cc1ccc(C)n1-c1ccc(OCc2ccc(C(=O)N/N=C/c3cc(Cl)cc([N+](=O)[O-])c3OCc3cccc4ccccc34)o2)cc1. The van der Waals surface area contributed by atoms with Crippen molar-refractivity contribution in [3.8, 4) is 17.2 Å². The maximum absolute atomic E-state index is 12.8. The van der Waals surface area contributed by atoms with Crippen molar-refractivity contribution in [2.75, 3.05) is 0 Å². The zero-order valence-corrected chi connectivity index (χ0v) is 26.2. The number of hydrazone groups is 1. The molecule has 6 rings (SSSR count). The van der Waals surface area contributed by atoms with Crippen molar-refractivity contribution in [2.45, 2.75) is 27.1 Å². The van der Waals surface area contributed by atoms with Crippen LogP contribution in [-0.2, 0) is 13.2 Å². The van der Waals surface area contributed by atoms with Gasteiger partial charge in [0.25, 0.3) is 0 Å². The van der Waals surface area contributed by atoms with Crippen LogP contribution in [0.2, 0.25) is 5.02 Å². The predicted molar refractivity (Wildman–Crippen MR) is 180 cm³/mol. The van der Waals surface area contributed by atoms with Gasteiger partial charge in [-0.2, -0.15) is 5.10 Å². The molecular weight excluding hydrogens is 620 g/mol. The Kier molecular flexibility index (Phi) is 9.03. The van der Waals surface area contributed by atoms with E-state index in [-0.39, 0.29) is 41.0 Å². The molecule has 4 aromatic carbocycles. The highest BCUT2D eigenvalue weighted by Crippen LogP contribution is 2.35. The topological polar surface area (TPSA) is 121 Å². The summed E-state index contributed by atoms with van der Waals surface area (Å²) in [4.78, 5) is 24.1. The second-order valence-corrected chi connectivity index (χ2v) is 11.2. The Morgan fingerprint density at radius 1 is 0.936 bits per heavy atom. The number of aromatic nitrogens is 1. The third-order valence-electron chi connectivity index (χ3n) is 7.51. The van der Waals surface area contributed by atoms with Crippen molar-refractivity contribution >= 4 is 40.2 Å². The maximum Gasteiger partial charge on any atom is 0.313 e. The lowest BCUT2D eigenvalue weighted by Gasteiger charge is -2.12. The molecular formula is C36H29ClN4O6. The van der Waals surface area contributed by atoms with Gasteiger partial charge in [0.2, 0.25) is 5.75 Å². The summed E-state index contributed by atoms with van der Waals surface area (Å²) in [6.45, 7) is 4.28. The molecule has 0 aliphatic rings. The van der Waals surface area contributed by atoms with Gasteiger partial charge in [0.05, 0.1) is 11.1 Å². The number of nitrogens with zero attached hydrogens (tertiary/aromatic N) is 3. The number of fused-ring (bicyclic) bond motifs is 1. The highest BCUT2D eigenvalue weighted by Gasteiger charge is 2.21. The van der Waals surface area contributed by atoms with E-state index in [2.05, 4.69) is 41.1 Å². The molecule has 2 aromatic heterocycles. The molecule has 10 nitrogen and oxygen atoms in total. The number of benzene rings is 4. The maximum atomic E-state index is 12.8. The molecule has 0 fully saturated rings. The summed E-state index contributed by atoms with van der Waals surface area (Å²) < 4.78 is 19.6. The van der Waals surface area contributed by atoms with Gasteiger partial charge in [-0.25, -0.2) is 5.43 Å². The Hall–Kier alpha value is -5.87. The summed E-state index contributed by atoms with van der Waals surface area (Å²) in [6, 6.07) is 31.2. The number of amides is 1. The fraction of sp³-hybridized carbons (Fsp3) is 0.111. The molecule has 0 unspecified atom stereocenters. The molecule has 0 atom stereocenters. The first-order chi connectivity index (χ1) is 22.8. The Balaban J connectivity index is 1.10. The minimum atomic E-state index is -0.621. The molecule has 11 heteroatoms. The van der Waals surface area contributed by atoms with Crippen LogP contribution in [0.4, 0.5) is 5.69 Å². The average Bonchev–Trinajstić information content (AvgIpc) is 3.69. The molecule has 0 aliphatic heterocycles. The summed E-state index contributed by atoms with van der Waals surface area (Å²) in [5.41, 5.74) is 6.43. The fourth-order valence-corrected chi connectivity index (χ4v) is 5.49. The molecule has 1 amide bonds. The molecule has 6 aromatic rings. The van der Waals surface area contributed by atoms with Crippen LogP contribution in [0.3, 0.4) is 0 Å². The van der Waals surface area contributed by atoms with Gasteiger partial charge in [-0.15, -0.1) is 0 Å². The second kappa shape index (κ2) is 13.6. The molecule has 0 saturated carbocycles. The normalized spacial score (nSPS) is 11.2. The molecule has 0 aliphatic carbocycles. The zero-order valence-electron chi connectivity index (χ0n) is 25.5. The molecule has 0 radical (unpaired) electrons. The largest absolute Gasteiger partial charge is 0.486 e. The van der Waals surface area contributed by atoms with Gasteiger partial charge in [-0.05, 0) is 84.8 Å². The lowest BCUT2D eigenvalue weighted by molar-refractivity contribution is -0.385. The van der Waals surface area contributed by atoms with Crippen LogP contribution in [0, 0.1) is 24.0 Å². The molecule has 0 saturated heterocycles. The van der Waals surface area contributed by atoms with Gasteiger partial charge in [-0.3, -0.25) is 14.9 Å². The number of hydrogen-bond donors (Lipinski definition) is 1. The number of nitro groups is 1. The summed E-state index contributed by atoms with van der Waals surface area (Å²) in [5.74, 6) is 0.449. The Labute approximate surface area is 275 Å². The quantitative estimate of drug-likeness (QED) is 0.0856. The number of hydrogen-bond acceptors (Lipinski definition) is 7. The van der Waals surface area contributed by atoms with Gasteiger partial charge >= 0.3 is 11.6 Å². The van der Waals surface area contributed by atoms with Crippen molar-refractivity contribution < 1.29 is 23.6 Å². The minimum absolute atomic E-state index is 0.0131. The van der Waals surface area contributed by atoms with Crippen molar-refractivity contribution in [2.24, 2.45) is 5.10 Å². The highest BCUT2D eigenvalue weighted by atomic mass is 35.5. The zero-order chi connectivity index (χ0) is 32.9. The van der Waals surface area contributed by atoms with Crippen molar-refractivity contribution in [1.82, 2.24) is 9.99 Å². The van der Waals surface area contributed by atoms with Gasteiger partial charge < -0.3 is 18.5 Å². The van der Waals surface area contributed by atoms with Crippen LogP contribution in [-0.4, -0.2) is 21.6 Å². The van der Waals surface area contributed by atoms with Crippen LogP contribution in [0.15, 0.2) is 113 Å². The number of nitrogens with one attached hydrogen (secondary N) is 1. The number of halogens is 1. The number of ether oxygens (including phenoxy) is 2. The van der Waals surface area contributed by atoms with E-state index in [9.17, 15) is 14.9 Å². The average molecular weight is 649 g/mol. The molecule has 0 spiro atoms. The Bertz CT molecular complexity index is 2090. The number of aryl methyl sites for hydroxylation is 2. The number of carbonyl (C=O) groups is 1. The van der Waals surface area contributed by atoms with Crippen LogP contribution in [0.25, 0.3) is 16.5 Å². The van der Waals surface area contributed by atoms with Crippen molar-refractivity contribution in [1.29, 1.82) is 0 Å². The summed E-state index contributed by atoms with van der Waals surface area (Å²) in [6.07, 6.45) is 1.24. The standard InChI is InChI=1S/C36H29ClN4O6/c1-23-10-11-24(2)40(23)29-12-14-30(15-13-29)45-22-31-16-17-34(47-31)36(42)39-38-20-27-18-28(37)19-33(41(43)44)35(27)46-21-26-8-5-7-25-6-3-4-9-32(25)26/h3-20H,21-22H2,1-2H3,(H,39,42)/b38-20+. The predicted octanol–water partition coefficient (Wildman–Crippen LogP) is 8.32. The van der Waals surface area contributed by atoms with Gasteiger partial charge in [0, 0.05) is 33.7 Å². The van der Waals surface area contributed by atoms with Gasteiger partial charge in [0.1, 0.15) is 24.7 Å². The summed E-state index contributed by atoms with van der Waals surface area (Å²) in [7, 11) is 0. The van der Waals surface area contributed by atoms with Crippen LogP contribution in [0.1, 0.15) is 38.8 Å². The van der Waals surface area contributed by atoms with E-state index in [4.69, 9.17) is 25.5 Å². The Morgan fingerprint density at radius 3 is 2.45 bits per heavy atom. The molecule has 236 valence electrons. The van der Waals surface area contributed by atoms with E-state index in [0.717, 1.165) is 33.4 Å². The first-order valence-corrected chi connectivity index (χ1v) is 15.0. The summed E-state index contributed by atoms with van der Waals surface area (Å²) in [5, 5.41) is 18.0. The van der Waals surface area contributed by atoms with Gasteiger partial charge in [-0.1, -0.05) is 54.1 Å². The van der Waals surface area contributed by atoms with E-state index in [1.165, 1.54) is 24.4 Å². The monoisotopic (exact) mass is 648 g/mol. The second-order valence-electron chi connectivity index (χ2n) is 10.7. The number of rotatable bonds is 11. The van der Waals surface area contributed by atoms with E-state index < -0.39 is 10.8 Å². The molecule has 47 heavy (non-hydrogen) atoms. The summed E-state index contributed by atoms with van der Waals surface area (Å²) >= 11 is 6.18. The number of carbonyl (C=O) groups excluding carboxylic acids is 1. The lowest BCUT2D eigenvalue weighted by Crippen LogP contribution is -2.17. The Morgan fingerprint density at radius 2 is 1.68 bits per heavy atom. The number of nitro benzene ring substituents is 1. The fourth-order valence-electron chi connectivity index (χ4n) is 5.27. The van der Waals surface area contributed by atoms with E-state index >= 15 is 0 Å². The number of furan rings is 1. The van der Waals surface area contributed by atoms with E-state index in [0.29, 0.717) is 11.5 Å². The van der Waals surface area contributed by atoms with Gasteiger partial charge in [0.15, 0.2) is 5.76 Å². The van der Waals surface area contributed by atoms with Crippen molar-refractivity contribution in [3.05, 3.63) is 152 Å². The molecule has 1 N–H and O–H groups in total. The smallest absolute Gasteiger partial charge is 0.313 e. The first kappa shape index (κ1) is 31.1. The van der Waals surface area contributed by atoms with E-state index in [1.54, 1.807) is 6.07 Å². The molecule has 2 heterocycles. The highest BCUT2D eigenvalue weighted by molar-refractivity contribution is 6.31. The van der Waals surface area contributed by atoms with Crippen molar-refractivity contribution in [3.63, 3.8) is 0 Å². The van der Waals surface area contributed by atoms with Crippen LogP contribution >= 0.6 is 11.6 Å². The lowest BCUT2D eigenvalue weighted by atomic mass is 10.1. The van der Waals surface area contributed by atoms with Crippen LogP contribution in [0.5, 0.6) is 11.5 Å². The third kappa shape index (κ3) is 7.03. The third-order valence-corrected chi connectivity index (χ3v) is 7.73. The van der Waals surface area contributed by atoms with E-state index in [1.807, 2.05) is 66.7 Å².